The number of aryl methyl sites for hydroxylation is 1. The van der Waals surface area contributed by atoms with Crippen molar-refractivity contribution in [1.82, 2.24) is 4.98 Å². The number of nitrogens with zero attached hydrogens (tertiary/aromatic N) is 2. The molecular formula is C27H28N2O7S. The van der Waals surface area contributed by atoms with E-state index >= 15 is 0 Å². The number of aromatic nitrogens is 1. The number of benzene rings is 1. The van der Waals surface area contributed by atoms with Gasteiger partial charge in [-0.3, -0.25) is 14.5 Å². The highest BCUT2D eigenvalue weighted by atomic mass is 32.1. The topological polar surface area (TPSA) is 119 Å². The summed E-state index contributed by atoms with van der Waals surface area (Å²) < 4.78 is 16.3. The van der Waals surface area contributed by atoms with E-state index in [1.165, 1.54) is 17.2 Å². The summed E-state index contributed by atoms with van der Waals surface area (Å²) in [6.07, 6.45) is 2.20. The van der Waals surface area contributed by atoms with E-state index in [0.717, 1.165) is 17.8 Å². The number of hydrogen-bond donors (Lipinski definition) is 1. The molecule has 1 aliphatic rings. The van der Waals surface area contributed by atoms with Gasteiger partial charge in [-0.15, -0.1) is 0 Å². The lowest BCUT2D eigenvalue weighted by Gasteiger charge is -2.24. The molecule has 4 rings (SSSR count). The molecule has 1 aromatic carbocycles. The van der Waals surface area contributed by atoms with Gasteiger partial charge >= 0.3 is 5.97 Å². The van der Waals surface area contributed by atoms with E-state index in [-0.39, 0.29) is 27.9 Å². The zero-order chi connectivity index (χ0) is 26.7. The van der Waals surface area contributed by atoms with Gasteiger partial charge in [-0.1, -0.05) is 37.3 Å². The Labute approximate surface area is 218 Å². The van der Waals surface area contributed by atoms with Crippen LogP contribution < -0.4 is 9.64 Å². The maximum atomic E-state index is 13.4. The van der Waals surface area contributed by atoms with Crippen molar-refractivity contribution in [2.24, 2.45) is 5.92 Å². The number of amides is 1. The maximum absolute atomic E-state index is 13.4. The second-order valence-corrected chi connectivity index (χ2v) is 9.86. The predicted octanol–water partition coefficient (Wildman–Crippen LogP) is 5.43. The fraction of sp³-hybridized carbons (Fsp3) is 0.333. The van der Waals surface area contributed by atoms with E-state index in [4.69, 9.17) is 13.9 Å². The number of anilines is 1. The Morgan fingerprint density at radius 3 is 2.70 bits per heavy atom. The number of thiazole rings is 1. The van der Waals surface area contributed by atoms with E-state index in [9.17, 15) is 19.5 Å². The zero-order valence-electron chi connectivity index (χ0n) is 21.0. The first-order chi connectivity index (χ1) is 17.7. The third kappa shape index (κ3) is 5.29. The van der Waals surface area contributed by atoms with Crippen molar-refractivity contribution in [3.63, 3.8) is 0 Å². The Morgan fingerprint density at radius 1 is 1.24 bits per heavy atom. The molecule has 1 unspecified atom stereocenters. The van der Waals surface area contributed by atoms with Crippen molar-refractivity contribution in [1.29, 1.82) is 0 Å². The number of hydrogen-bond acceptors (Lipinski definition) is 9. The summed E-state index contributed by atoms with van der Waals surface area (Å²) in [7, 11) is 0. The number of ketones is 1. The van der Waals surface area contributed by atoms with Gasteiger partial charge in [0.2, 0.25) is 5.78 Å². The van der Waals surface area contributed by atoms with E-state index in [2.05, 4.69) is 18.8 Å². The second-order valence-electron chi connectivity index (χ2n) is 8.88. The first-order valence-corrected chi connectivity index (χ1v) is 12.8. The highest BCUT2D eigenvalue weighted by molar-refractivity contribution is 7.17. The number of ether oxygens (including phenoxy) is 2. The Bertz CT molecular complexity index is 1340. The van der Waals surface area contributed by atoms with Crippen molar-refractivity contribution in [2.75, 3.05) is 18.1 Å². The Morgan fingerprint density at radius 2 is 2.03 bits per heavy atom. The van der Waals surface area contributed by atoms with Crippen LogP contribution in [0.3, 0.4) is 0 Å². The number of Topliss-reactive ketones (excluding diaryl/α,β-unsaturated/α-hetero) is 1. The number of rotatable bonds is 10. The largest absolute Gasteiger partial charge is 0.503 e. The second kappa shape index (κ2) is 11.0. The van der Waals surface area contributed by atoms with Crippen molar-refractivity contribution >= 4 is 34.1 Å². The fourth-order valence-corrected chi connectivity index (χ4v) is 4.94. The lowest BCUT2D eigenvalue weighted by Crippen LogP contribution is -2.31. The molecule has 10 heteroatoms. The number of carbonyl (C=O) groups excluding carboxylic acids is 3. The van der Waals surface area contributed by atoms with Gasteiger partial charge in [-0.05, 0) is 56.0 Å². The first kappa shape index (κ1) is 26.2. The smallest absolute Gasteiger partial charge is 0.350 e. The van der Waals surface area contributed by atoms with Gasteiger partial charge in [0.05, 0.1) is 36.8 Å². The van der Waals surface area contributed by atoms with Crippen molar-refractivity contribution in [2.45, 2.75) is 40.2 Å². The molecule has 0 bridgehead atoms. The average molecular weight is 525 g/mol. The van der Waals surface area contributed by atoms with Crippen LogP contribution in [-0.4, -0.2) is 41.0 Å². The van der Waals surface area contributed by atoms with Crippen molar-refractivity contribution in [3.05, 3.63) is 75.9 Å². The molecule has 194 valence electrons. The van der Waals surface area contributed by atoms with E-state index in [0.29, 0.717) is 29.5 Å². The normalized spacial score (nSPS) is 15.5. The molecule has 3 heterocycles. The van der Waals surface area contributed by atoms with Crippen LogP contribution in [0.1, 0.15) is 64.7 Å². The molecule has 9 nitrogen and oxygen atoms in total. The SMILES string of the molecule is CCOC(=O)c1sc(N2C(=O)C(O)=C(C(=O)c3ccco3)C2c2cccc(OCCC(C)C)c2)nc1C. The Kier molecular flexibility index (Phi) is 7.77. The summed E-state index contributed by atoms with van der Waals surface area (Å²) in [5.74, 6) is -1.70. The molecule has 1 amide bonds. The van der Waals surface area contributed by atoms with Gasteiger partial charge in [-0.25, -0.2) is 9.78 Å². The number of aliphatic hydroxyl groups excluding tert-OH is 1. The number of esters is 1. The molecule has 1 N–H and O–H groups in total. The third-order valence-corrected chi connectivity index (χ3v) is 6.92. The van der Waals surface area contributed by atoms with Crippen molar-refractivity contribution in [3.8, 4) is 5.75 Å². The molecular weight excluding hydrogens is 496 g/mol. The van der Waals surface area contributed by atoms with Gasteiger partial charge in [0.1, 0.15) is 10.6 Å². The summed E-state index contributed by atoms with van der Waals surface area (Å²) >= 11 is 0.957. The van der Waals surface area contributed by atoms with Gasteiger partial charge in [-0.2, -0.15) is 0 Å². The molecule has 2 aromatic heterocycles. The van der Waals surface area contributed by atoms with Crippen LogP contribution in [0.25, 0.3) is 0 Å². The van der Waals surface area contributed by atoms with E-state index in [1.54, 1.807) is 44.2 Å². The summed E-state index contributed by atoms with van der Waals surface area (Å²) in [5, 5.41) is 11.1. The van der Waals surface area contributed by atoms with E-state index < -0.39 is 29.5 Å². The first-order valence-electron chi connectivity index (χ1n) is 11.9. The molecule has 0 saturated carbocycles. The minimum absolute atomic E-state index is 0.0203. The third-order valence-electron chi connectivity index (χ3n) is 5.79. The maximum Gasteiger partial charge on any atom is 0.350 e. The summed E-state index contributed by atoms with van der Waals surface area (Å²) in [4.78, 5) is 45.1. The highest BCUT2D eigenvalue weighted by Gasteiger charge is 2.47. The molecule has 1 aliphatic heterocycles. The molecule has 0 saturated heterocycles. The van der Waals surface area contributed by atoms with Crippen LogP contribution in [0, 0.1) is 12.8 Å². The van der Waals surface area contributed by atoms with Gasteiger partial charge in [0.15, 0.2) is 16.7 Å². The number of aliphatic hydroxyl groups is 1. The average Bonchev–Trinajstić information content (AvgIpc) is 3.58. The summed E-state index contributed by atoms with van der Waals surface area (Å²) in [6.45, 7) is 8.21. The van der Waals surface area contributed by atoms with Crippen LogP contribution >= 0.6 is 11.3 Å². The minimum atomic E-state index is -1.03. The monoisotopic (exact) mass is 524 g/mol. The van der Waals surface area contributed by atoms with Crippen LogP contribution in [0.2, 0.25) is 0 Å². The van der Waals surface area contributed by atoms with Gasteiger partial charge in [0, 0.05) is 0 Å². The van der Waals surface area contributed by atoms with Crippen molar-refractivity contribution < 1.29 is 33.4 Å². The summed E-state index contributed by atoms with van der Waals surface area (Å²) in [6, 6.07) is 8.99. The predicted molar refractivity (Wildman–Crippen MR) is 137 cm³/mol. The van der Waals surface area contributed by atoms with Gasteiger partial charge in [0.25, 0.3) is 5.91 Å². The quantitative estimate of drug-likeness (QED) is 0.275. The fourth-order valence-electron chi connectivity index (χ4n) is 3.95. The molecule has 1 atom stereocenters. The van der Waals surface area contributed by atoms with Crippen LogP contribution in [0.5, 0.6) is 5.75 Å². The van der Waals surface area contributed by atoms with Crippen LogP contribution in [0.4, 0.5) is 5.13 Å². The Balaban J connectivity index is 1.79. The van der Waals surface area contributed by atoms with Gasteiger partial charge < -0.3 is 19.0 Å². The molecule has 0 aliphatic carbocycles. The standard InChI is InChI=1S/C27H28N2O7S/c1-5-34-26(33)24-16(4)28-27(37-24)29-21(17-8-6-9-18(14-17)35-13-11-15(2)3)20(23(31)25(29)32)22(30)19-10-7-12-36-19/h6-10,12,14-15,21,31H,5,11,13H2,1-4H3. The highest BCUT2D eigenvalue weighted by Crippen LogP contribution is 2.44. The molecule has 0 fully saturated rings. The molecule has 37 heavy (non-hydrogen) atoms. The van der Waals surface area contributed by atoms with E-state index in [1.807, 2.05) is 0 Å². The molecule has 3 aromatic rings. The Hall–Kier alpha value is -3.92. The lowest BCUT2D eigenvalue weighted by molar-refractivity contribution is -0.117. The lowest BCUT2D eigenvalue weighted by atomic mass is 9.95. The summed E-state index contributed by atoms with van der Waals surface area (Å²) in [5.41, 5.74) is 0.755. The number of carbonyl (C=O) groups is 3. The molecule has 0 radical (unpaired) electrons. The minimum Gasteiger partial charge on any atom is -0.503 e. The number of furan rings is 1. The molecule has 0 spiro atoms. The van der Waals surface area contributed by atoms with Crippen LogP contribution in [-0.2, 0) is 9.53 Å². The van der Waals surface area contributed by atoms with Crippen LogP contribution in [0.15, 0.2) is 58.4 Å². The zero-order valence-corrected chi connectivity index (χ0v) is 21.8.